The van der Waals surface area contributed by atoms with Gasteiger partial charge in [-0.05, 0) is 19.9 Å². The van der Waals surface area contributed by atoms with Gasteiger partial charge in [0.2, 0.25) is 0 Å². The van der Waals surface area contributed by atoms with Gasteiger partial charge in [-0.25, -0.2) is 8.42 Å². The Morgan fingerprint density at radius 2 is 1.91 bits per heavy atom. The zero-order chi connectivity index (χ0) is 8.32. The molecule has 0 atom stereocenters. The average molecular weight is 177 g/mol. The molecule has 0 bridgehead atoms. The Balaban J connectivity index is 2.56. The molecule has 0 heterocycles. The van der Waals surface area contributed by atoms with Crippen LogP contribution in [0.1, 0.15) is 25.7 Å². The van der Waals surface area contributed by atoms with E-state index < -0.39 is 9.84 Å². The molecule has 1 aliphatic rings. The van der Waals surface area contributed by atoms with Gasteiger partial charge in [0.15, 0.2) is 9.84 Å². The fraction of sp³-hybridized carbons (Fsp3) is 1.00. The summed E-state index contributed by atoms with van der Waals surface area (Å²) in [5, 5.41) is 2.64. The lowest BCUT2D eigenvalue weighted by Gasteiger charge is -2.09. The van der Waals surface area contributed by atoms with Crippen LogP contribution in [0.25, 0.3) is 0 Å². The van der Waals surface area contributed by atoms with Gasteiger partial charge < -0.3 is 5.32 Å². The van der Waals surface area contributed by atoms with E-state index in [1.165, 1.54) is 0 Å². The number of sulfone groups is 1. The topological polar surface area (TPSA) is 46.2 Å². The Morgan fingerprint density at radius 3 is 2.36 bits per heavy atom. The Kier molecular flexibility index (Phi) is 2.90. The zero-order valence-corrected chi connectivity index (χ0v) is 7.65. The van der Waals surface area contributed by atoms with Gasteiger partial charge in [-0.15, -0.1) is 0 Å². The average Bonchev–Trinajstić information content (AvgIpc) is 2.37. The maximum Gasteiger partial charge on any atom is 0.166 e. The first-order valence-corrected chi connectivity index (χ1v) is 5.74. The summed E-state index contributed by atoms with van der Waals surface area (Å²) in [4.78, 5) is 0. The molecule has 11 heavy (non-hydrogen) atoms. The first-order valence-electron chi connectivity index (χ1n) is 4.03. The molecule has 4 heteroatoms. The molecule has 0 aromatic heterocycles. The van der Waals surface area contributed by atoms with Crippen molar-refractivity contribution in [3.8, 4) is 0 Å². The Labute approximate surface area is 68.1 Å². The Bertz CT molecular complexity index is 204. The van der Waals surface area contributed by atoms with Crippen LogP contribution in [-0.4, -0.2) is 26.6 Å². The Hall–Kier alpha value is -0.0900. The molecule has 0 unspecified atom stereocenters. The summed E-state index contributed by atoms with van der Waals surface area (Å²) in [5.74, 6) is 0.137. The fourth-order valence-electron chi connectivity index (χ4n) is 1.57. The number of rotatable bonds is 3. The molecule has 1 rings (SSSR count). The summed E-state index contributed by atoms with van der Waals surface area (Å²) < 4.78 is 22.7. The van der Waals surface area contributed by atoms with Gasteiger partial charge in [0.1, 0.15) is 0 Å². The summed E-state index contributed by atoms with van der Waals surface area (Å²) in [6.07, 6.45) is 3.88. The van der Waals surface area contributed by atoms with Crippen LogP contribution < -0.4 is 5.32 Å². The number of nitrogens with one attached hydrogen (secondary N) is 1. The minimum Gasteiger partial charge on any atom is -0.307 e. The van der Waals surface area contributed by atoms with Gasteiger partial charge in [-0.1, -0.05) is 12.8 Å². The van der Waals surface area contributed by atoms with Gasteiger partial charge in [-0.3, -0.25) is 0 Å². The first-order chi connectivity index (χ1) is 5.17. The minimum atomic E-state index is -2.82. The van der Waals surface area contributed by atoms with E-state index in [-0.39, 0.29) is 11.1 Å². The van der Waals surface area contributed by atoms with Crippen LogP contribution in [0.5, 0.6) is 0 Å². The largest absolute Gasteiger partial charge is 0.307 e. The third-order valence-corrected chi connectivity index (χ3v) is 4.33. The van der Waals surface area contributed by atoms with Gasteiger partial charge in [0.05, 0.1) is 11.1 Å². The molecule has 66 valence electrons. The molecule has 0 spiro atoms. The van der Waals surface area contributed by atoms with E-state index >= 15 is 0 Å². The van der Waals surface area contributed by atoms with Crippen molar-refractivity contribution in [1.82, 2.24) is 5.32 Å². The summed E-state index contributed by atoms with van der Waals surface area (Å²) in [6, 6.07) is 0. The molecular formula is C7H15NO2S. The SMILES string of the molecule is CNCS(=O)(=O)C1CCCC1. The van der Waals surface area contributed by atoms with Crippen molar-refractivity contribution in [3.63, 3.8) is 0 Å². The van der Waals surface area contributed by atoms with Crippen molar-refractivity contribution in [2.75, 3.05) is 12.9 Å². The van der Waals surface area contributed by atoms with E-state index in [0.29, 0.717) is 0 Å². The lowest BCUT2D eigenvalue weighted by Crippen LogP contribution is -2.27. The van der Waals surface area contributed by atoms with Crippen LogP contribution in [0.3, 0.4) is 0 Å². The number of hydrogen-bond acceptors (Lipinski definition) is 3. The molecule has 3 nitrogen and oxygen atoms in total. The molecule has 0 amide bonds. The molecule has 0 radical (unpaired) electrons. The second-order valence-electron chi connectivity index (χ2n) is 3.07. The predicted molar refractivity (Wildman–Crippen MR) is 45.1 cm³/mol. The van der Waals surface area contributed by atoms with E-state index in [1.807, 2.05) is 0 Å². The highest BCUT2D eigenvalue weighted by atomic mass is 32.2. The highest BCUT2D eigenvalue weighted by molar-refractivity contribution is 7.91. The van der Waals surface area contributed by atoms with Gasteiger partial charge in [0.25, 0.3) is 0 Å². The summed E-state index contributed by atoms with van der Waals surface area (Å²) in [6.45, 7) is 0. The number of hydrogen-bond donors (Lipinski definition) is 1. The second kappa shape index (κ2) is 3.54. The van der Waals surface area contributed by atoms with Crippen LogP contribution in [0, 0.1) is 0 Å². The molecule has 0 aliphatic heterocycles. The molecule has 0 aromatic carbocycles. The van der Waals surface area contributed by atoms with Gasteiger partial charge in [-0.2, -0.15) is 0 Å². The first kappa shape index (κ1) is 9.00. The molecule has 1 fully saturated rings. The zero-order valence-electron chi connectivity index (χ0n) is 6.84. The molecule has 1 aliphatic carbocycles. The normalized spacial score (nSPS) is 20.8. The van der Waals surface area contributed by atoms with E-state index in [9.17, 15) is 8.42 Å². The van der Waals surface area contributed by atoms with E-state index in [4.69, 9.17) is 0 Å². The maximum absolute atomic E-state index is 11.4. The highest BCUT2D eigenvalue weighted by Gasteiger charge is 2.27. The molecular weight excluding hydrogens is 162 g/mol. The van der Waals surface area contributed by atoms with Crippen LogP contribution >= 0.6 is 0 Å². The van der Waals surface area contributed by atoms with Crippen molar-refractivity contribution in [2.45, 2.75) is 30.9 Å². The summed E-state index contributed by atoms with van der Waals surface area (Å²) in [7, 11) is -1.15. The predicted octanol–water partition coefficient (Wildman–Crippen LogP) is 0.521. The molecule has 0 saturated heterocycles. The molecule has 1 saturated carbocycles. The lowest BCUT2D eigenvalue weighted by molar-refractivity contribution is 0.575. The summed E-state index contributed by atoms with van der Waals surface area (Å²) in [5.41, 5.74) is 0. The van der Waals surface area contributed by atoms with Crippen LogP contribution in [0.4, 0.5) is 0 Å². The van der Waals surface area contributed by atoms with Crippen molar-refractivity contribution >= 4 is 9.84 Å². The summed E-state index contributed by atoms with van der Waals surface area (Å²) >= 11 is 0. The lowest BCUT2D eigenvalue weighted by atomic mass is 10.4. The van der Waals surface area contributed by atoms with Crippen LogP contribution in [0.15, 0.2) is 0 Å². The van der Waals surface area contributed by atoms with E-state index in [2.05, 4.69) is 5.32 Å². The van der Waals surface area contributed by atoms with Crippen molar-refractivity contribution in [3.05, 3.63) is 0 Å². The molecule has 1 N–H and O–H groups in total. The fourth-order valence-corrected chi connectivity index (χ4v) is 3.26. The maximum atomic E-state index is 11.4. The second-order valence-corrected chi connectivity index (χ2v) is 5.35. The third kappa shape index (κ3) is 2.17. The quantitative estimate of drug-likeness (QED) is 0.683. The van der Waals surface area contributed by atoms with E-state index in [1.54, 1.807) is 7.05 Å². The van der Waals surface area contributed by atoms with Gasteiger partial charge >= 0.3 is 0 Å². The molecule has 0 aromatic rings. The van der Waals surface area contributed by atoms with Crippen molar-refractivity contribution in [1.29, 1.82) is 0 Å². The van der Waals surface area contributed by atoms with Crippen molar-refractivity contribution < 1.29 is 8.42 Å². The smallest absolute Gasteiger partial charge is 0.166 e. The van der Waals surface area contributed by atoms with Crippen molar-refractivity contribution in [2.24, 2.45) is 0 Å². The van der Waals surface area contributed by atoms with E-state index in [0.717, 1.165) is 25.7 Å². The third-order valence-electron chi connectivity index (χ3n) is 2.16. The van der Waals surface area contributed by atoms with Crippen LogP contribution in [0.2, 0.25) is 0 Å². The van der Waals surface area contributed by atoms with Crippen LogP contribution in [-0.2, 0) is 9.84 Å². The van der Waals surface area contributed by atoms with Gasteiger partial charge in [0, 0.05) is 0 Å². The Morgan fingerprint density at radius 1 is 1.36 bits per heavy atom. The minimum absolute atomic E-state index is 0.0602. The highest BCUT2D eigenvalue weighted by Crippen LogP contribution is 2.24. The monoisotopic (exact) mass is 177 g/mol. The standard InChI is InChI=1S/C7H15NO2S/c1-8-6-11(9,10)7-4-2-3-5-7/h7-8H,2-6H2,1H3.